The van der Waals surface area contributed by atoms with Crippen molar-refractivity contribution in [1.82, 2.24) is 4.98 Å². The quantitative estimate of drug-likeness (QED) is 0.224. The van der Waals surface area contributed by atoms with Gasteiger partial charge in [-0.1, -0.05) is 35.6 Å². The molecule has 5 aromatic rings. The number of nitrogens with zero attached hydrogens (tertiary/aromatic N) is 2. The smallest absolute Gasteiger partial charge is 0.296 e. The number of methoxy groups -OCH3 is 2. The molecule has 1 amide bonds. The van der Waals surface area contributed by atoms with Gasteiger partial charge in [-0.05, 0) is 55.0 Å². The summed E-state index contributed by atoms with van der Waals surface area (Å²) in [5.74, 6) is -0.439. The van der Waals surface area contributed by atoms with Gasteiger partial charge < -0.3 is 23.7 Å². The number of ketones is 1. The van der Waals surface area contributed by atoms with Gasteiger partial charge in [0.25, 0.3) is 5.91 Å². The third kappa shape index (κ3) is 4.13. The van der Waals surface area contributed by atoms with Crippen molar-refractivity contribution in [3.05, 3.63) is 89.4 Å². The van der Waals surface area contributed by atoms with Gasteiger partial charge in [0.1, 0.15) is 11.3 Å². The van der Waals surface area contributed by atoms with E-state index in [1.165, 1.54) is 23.3 Å². The lowest BCUT2D eigenvalue weighted by Crippen LogP contribution is -2.31. The maximum absolute atomic E-state index is 13.9. The lowest BCUT2D eigenvalue weighted by molar-refractivity contribution is -0.117. The summed E-state index contributed by atoms with van der Waals surface area (Å²) in [6.07, 6.45) is 0. The first-order chi connectivity index (χ1) is 19.4. The summed E-state index contributed by atoms with van der Waals surface area (Å²) in [4.78, 5) is 33.6. The maximum atomic E-state index is 13.9. The largest absolute Gasteiger partial charge is 0.503 e. The fourth-order valence-corrected chi connectivity index (χ4v) is 5.85. The zero-order valence-corrected chi connectivity index (χ0v) is 22.7. The second-order valence-corrected chi connectivity index (χ2v) is 10.0. The van der Waals surface area contributed by atoms with E-state index in [4.69, 9.17) is 18.6 Å². The highest BCUT2D eigenvalue weighted by Gasteiger charge is 2.47. The fraction of sp³-hybridized carbons (Fsp3) is 0.167. The number of hydrogen-bond acceptors (Lipinski definition) is 9. The average Bonchev–Trinajstić information content (AvgIpc) is 3.66. The molecule has 40 heavy (non-hydrogen) atoms. The number of thiazole rings is 1. The van der Waals surface area contributed by atoms with Crippen LogP contribution in [0.1, 0.15) is 29.1 Å². The second-order valence-electron chi connectivity index (χ2n) is 8.99. The monoisotopic (exact) mass is 556 g/mol. The van der Waals surface area contributed by atoms with E-state index in [0.717, 1.165) is 10.1 Å². The molecule has 1 aliphatic heterocycles. The van der Waals surface area contributed by atoms with Gasteiger partial charge >= 0.3 is 0 Å². The number of fused-ring (bicyclic) bond motifs is 2. The summed E-state index contributed by atoms with van der Waals surface area (Å²) in [5, 5.41) is 12.2. The van der Waals surface area contributed by atoms with Crippen molar-refractivity contribution >= 4 is 49.3 Å². The summed E-state index contributed by atoms with van der Waals surface area (Å²) in [6.45, 7) is 2.28. The zero-order chi connectivity index (χ0) is 28.0. The minimum absolute atomic E-state index is 0.00865. The number of carbonyl (C=O) groups is 2. The summed E-state index contributed by atoms with van der Waals surface area (Å²) in [6, 6.07) is 18.3. The van der Waals surface area contributed by atoms with Gasteiger partial charge in [0.2, 0.25) is 5.78 Å². The van der Waals surface area contributed by atoms with Gasteiger partial charge in [-0.3, -0.25) is 14.5 Å². The van der Waals surface area contributed by atoms with Crippen molar-refractivity contribution in [1.29, 1.82) is 0 Å². The van der Waals surface area contributed by atoms with Crippen LogP contribution in [-0.2, 0) is 4.79 Å². The average molecular weight is 557 g/mol. The zero-order valence-electron chi connectivity index (χ0n) is 21.8. The Morgan fingerprint density at radius 1 is 1.05 bits per heavy atom. The molecule has 0 spiro atoms. The Bertz CT molecular complexity index is 1790. The number of amides is 1. The number of aliphatic hydroxyl groups excluding tert-OH is 1. The highest BCUT2D eigenvalue weighted by atomic mass is 32.1. The number of benzene rings is 3. The highest BCUT2D eigenvalue weighted by molar-refractivity contribution is 7.22. The molecule has 1 atom stereocenters. The van der Waals surface area contributed by atoms with Crippen LogP contribution in [0.15, 0.2) is 82.5 Å². The number of anilines is 1. The molecule has 3 aromatic carbocycles. The first kappa shape index (κ1) is 25.4. The molecule has 202 valence electrons. The molecule has 3 heterocycles. The third-order valence-corrected chi connectivity index (χ3v) is 7.71. The molecule has 9 nitrogen and oxygen atoms in total. The molecule has 2 aromatic heterocycles. The predicted octanol–water partition coefficient (Wildman–Crippen LogP) is 6.24. The maximum Gasteiger partial charge on any atom is 0.296 e. The Morgan fingerprint density at radius 3 is 2.62 bits per heavy atom. The summed E-state index contributed by atoms with van der Waals surface area (Å²) in [7, 11) is 3.08. The Hall–Kier alpha value is -4.83. The number of para-hydroxylation sites is 1. The van der Waals surface area contributed by atoms with E-state index in [9.17, 15) is 14.7 Å². The van der Waals surface area contributed by atoms with Crippen molar-refractivity contribution in [3.8, 4) is 17.2 Å². The normalized spacial score (nSPS) is 15.3. The van der Waals surface area contributed by atoms with Crippen LogP contribution >= 0.6 is 11.3 Å². The lowest BCUT2D eigenvalue weighted by Gasteiger charge is -2.25. The van der Waals surface area contributed by atoms with E-state index in [2.05, 4.69) is 4.98 Å². The summed E-state index contributed by atoms with van der Waals surface area (Å²) in [5.41, 5.74) is 1.57. The van der Waals surface area contributed by atoms with Crippen LogP contribution in [-0.4, -0.2) is 42.6 Å². The molecule has 0 saturated carbocycles. The van der Waals surface area contributed by atoms with Gasteiger partial charge in [-0.2, -0.15) is 0 Å². The number of Topliss-reactive ketones (excluding diaryl/α,β-unsaturated/α-hetero) is 1. The second kappa shape index (κ2) is 10.0. The highest BCUT2D eigenvalue weighted by Crippen LogP contribution is 2.46. The van der Waals surface area contributed by atoms with Crippen molar-refractivity contribution in [3.63, 3.8) is 0 Å². The molecule has 1 aliphatic rings. The molecule has 0 radical (unpaired) electrons. The number of aromatic nitrogens is 1. The van der Waals surface area contributed by atoms with Crippen molar-refractivity contribution in [2.24, 2.45) is 0 Å². The molecule has 0 saturated heterocycles. The van der Waals surface area contributed by atoms with Crippen LogP contribution in [0.5, 0.6) is 17.2 Å². The molecule has 1 unspecified atom stereocenters. The Morgan fingerprint density at radius 2 is 1.88 bits per heavy atom. The van der Waals surface area contributed by atoms with Crippen molar-refractivity contribution in [2.45, 2.75) is 13.0 Å². The summed E-state index contributed by atoms with van der Waals surface area (Å²) >= 11 is 1.25. The summed E-state index contributed by atoms with van der Waals surface area (Å²) < 4.78 is 23.2. The standard InChI is InChI=1S/C30H24N2O7S/c1-4-38-21-12-9-17(14-22(21)37-3)26-25(27(33)23-13-16-7-5-6-8-20(16)39-23)28(34)29(35)32(26)30-31-19-11-10-18(36-2)15-24(19)40-30/h5-15,26,34H,4H2,1-3H3. The van der Waals surface area contributed by atoms with E-state index >= 15 is 0 Å². The number of carbonyl (C=O) groups excluding carboxylic acids is 2. The van der Waals surface area contributed by atoms with E-state index in [-0.39, 0.29) is 11.3 Å². The predicted molar refractivity (Wildman–Crippen MR) is 151 cm³/mol. The number of furan rings is 1. The van der Waals surface area contributed by atoms with Crippen molar-refractivity contribution in [2.75, 3.05) is 25.7 Å². The van der Waals surface area contributed by atoms with E-state index < -0.39 is 23.5 Å². The molecular weight excluding hydrogens is 532 g/mol. The van der Waals surface area contributed by atoms with E-state index in [1.54, 1.807) is 55.6 Å². The number of hydrogen-bond donors (Lipinski definition) is 1. The van der Waals surface area contributed by atoms with Crippen LogP contribution in [0.2, 0.25) is 0 Å². The molecular formula is C30H24N2O7S. The SMILES string of the molecule is CCOc1ccc(C2C(C(=O)c3cc4ccccc4o3)=C(O)C(=O)N2c2nc3ccc(OC)cc3s2)cc1OC. The van der Waals surface area contributed by atoms with Crippen LogP contribution in [0.3, 0.4) is 0 Å². The van der Waals surface area contributed by atoms with Gasteiger partial charge in [0.05, 0.1) is 42.7 Å². The molecule has 0 fully saturated rings. The fourth-order valence-electron chi connectivity index (χ4n) is 4.83. The Kier molecular flexibility index (Phi) is 6.39. The van der Waals surface area contributed by atoms with Crippen LogP contribution in [0.25, 0.3) is 21.2 Å². The minimum Gasteiger partial charge on any atom is -0.503 e. The molecule has 0 bridgehead atoms. The molecule has 6 rings (SSSR count). The van der Waals surface area contributed by atoms with Crippen LogP contribution in [0, 0.1) is 0 Å². The first-order valence-electron chi connectivity index (χ1n) is 12.5. The first-order valence-corrected chi connectivity index (χ1v) is 13.3. The Labute approximate surface area is 232 Å². The van der Waals surface area contributed by atoms with Crippen LogP contribution < -0.4 is 19.1 Å². The Balaban J connectivity index is 1.52. The van der Waals surface area contributed by atoms with Gasteiger partial charge in [0.15, 0.2) is 28.1 Å². The molecule has 0 aliphatic carbocycles. The van der Waals surface area contributed by atoms with Crippen LogP contribution in [0.4, 0.5) is 5.13 Å². The lowest BCUT2D eigenvalue weighted by atomic mass is 9.95. The van der Waals surface area contributed by atoms with Gasteiger partial charge in [0, 0.05) is 5.39 Å². The topological polar surface area (TPSA) is 111 Å². The van der Waals surface area contributed by atoms with Gasteiger partial charge in [-0.15, -0.1) is 0 Å². The number of ether oxygens (including phenoxy) is 3. The van der Waals surface area contributed by atoms with E-state index in [1.807, 2.05) is 25.1 Å². The third-order valence-electron chi connectivity index (χ3n) is 6.70. The molecule has 10 heteroatoms. The van der Waals surface area contributed by atoms with Crippen molar-refractivity contribution < 1.29 is 33.3 Å². The number of rotatable bonds is 8. The minimum atomic E-state index is -1.01. The molecule has 1 N–H and O–H groups in total. The van der Waals surface area contributed by atoms with E-state index in [0.29, 0.717) is 45.7 Å². The van der Waals surface area contributed by atoms with Gasteiger partial charge in [-0.25, -0.2) is 4.98 Å². The number of aliphatic hydroxyl groups is 1.